The predicted molar refractivity (Wildman–Crippen MR) is 194 cm³/mol. The van der Waals surface area contributed by atoms with Crippen LogP contribution in [-0.2, 0) is 6.32 Å². The van der Waals surface area contributed by atoms with Gasteiger partial charge in [0, 0.05) is 46.8 Å². The minimum absolute atomic E-state index is 0.0653. The van der Waals surface area contributed by atoms with E-state index in [1.54, 1.807) is 0 Å². The highest BCUT2D eigenvalue weighted by molar-refractivity contribution is 6.07. The van der Waals surface area contributed by atoms with Gasteiger partial charge in [0.15, 0.2) is 0 Å². The van der Waals surface area contributed by atoms with Crippen LogP contribution in [0.1, 0.15) is 152 Å². The third kappa shape index (κ3) is 11.1. The molecule has 0 spiro atoms. The van der Waals surface area contributed by atoms with Gasteiger partial charge in [-0.1, -0.05) is 39.0 Å². The Hall–Kier alpha value is -1.45. The smallest absolute Gasteiger partial charge is 0.230 e. The van der Waals surface area contributed by atoms with Crippen molar-refractivity contribution in [2.45, 2.75) is 192 Å². The number of rotatable bonds is 14. The number of piperidine rings is 2. The Labute approximate surface area is 277 Å². The van der Waals surface area contributed by atoms with Crippen molar-refractivity contribution in [3.63, 3.8) is 0 Å². The fraction of sp³-hybridized carbons (Fsp3) is 0.917. The highest BCUT2D eigenvalue weighted by Crippen LogP contribution is 2.34. The first kappa shape index (κ1) is 36.4. The van der Waals surface area contributed by atoms with Crippen LogP contribution >= 0.6 is 0 Å². The molecule has 0 amide bonds. The molecule has 3 N–H and O–H groups in total. The van der Waals surface area contributed by atoms with Crippen LogP contribution in [0.4, 0.5) is 11.9 Å². The van der Waals surface area contributed by atoms with Gasteiger partial charge in [-0.05, 0) is 126 Å². The lowest BCUT2D eigenvalue weighted by atomic mass is 9.79. The average molecular weight is 625 g/mol. The van der Waals surface area contributed by atoms with Crippen molar-refractivity contribution < 1.29 is 0 Å². The maximum absolute atomic E-state index is 5.13. The van der Waals surface area contributed by atoms with Gasteiger partial charge in [-0.2, -0.15) is 15.0 Å². The fourth-order valence-corrected chi connectivity index (χ4v) is 9.20. The molecule has 8 nitrogen and oxygen atoms in total. The number of anilines is 2. The Bertz CT molecular complexity index is 1040. The van der Waals surface area contributed by atoms with Crippen molar-refractivity contribution in [1.82, 2.24) is 30.5 Å². The zero-order valence-corrected chi connectivity index (χ0v) is 31.0. The topological polar surface area (TPSA) is 81.2 Å². The third-order valence-corrected chi connectivity index (χ3v) is 10.5. The van der Waals surface area contributed by atoms with Crippen molar-refractivity contribution in [3.05, 3.63) is 5.82 Å². The molecule has 45 heavy (non-hydrogen) atoms. The molecule has 1 aliphatic carbocycles. The molecule has 4 rings (SSSR count). The lowest BCUT2D eigenvalue weighted by molar-refractivity contribution is 0.0681. The Balaban J connectivity index is 1.41. The molecule has 1 saturated carbocycles. The molecule has 0 radical (unpaired) electrons. The van der Waals surface area contributed by atoms with Crippen molar-refractivity contribution in [2.24, 2.45) is 0 Å². The van der Waals surface area contributed by atoms with E-state index in [-0.39, 0.29) is 22.2 Å². The molecular weight excluding hydrogens is 555 g/mol. The number of unbranched alkanes of at least 4 members (excludes halogenated alkanes) is 3. The van der Waals surface area contributed by atoms with E-state index >= 15 is 0 Å². The first-order chi connectivity index (χ1) is 21.1. The molecule has 9 heteroatoms. The summed E-state index contributed by atoms with van der Waals surface area (Å²) >= 11 is 0. The van der Waals surface area contributed by atoms with Crippen molar-refractivity contribution in [2.75, 3.05) is 29.9 Å². The minimum atomic E-state index is 0.0653. The largest absolute Gasteiger partial charge is 0.351 e. The van der Waals surface area contributed by atoms with Crippen LogP contribution in [0.15, 0.2) is 0 Å². The van der Waals surface area contributed by atoms with Gasteiger partial charge in [0.2, 0.25) is 11.9 Å². The second-order valence-electron chi connectivity index (χ2n) is 17.4. The third-order valence-electron chi connectivity index (χ3n) is 10.5. The summed E-state index contributed by atoms with van der Waals surface area (Å²) in [6.45, 7) is 24.6. The Morgan fingerprint density at radius 2 is 1.24 bits per heavy atom. The molecule has 3 fully saturated rings. The summed E-state index contributed by atoms with van der Waals surface area (Å²) in [5.74, 6) is 2.57. The molecule has 1 aromatic heterocycles. The molecule has 0 atom stereocenters. The van der Waals surface area contributed by atoms with E-state index in [9.17, 15) is 0 Å². The van der Waals surface area contributed by atoms with Crippen LogP contribution in [0.2, 0.25) is 0 Å². The van der Waals surface area contributed by atoms with Gasteiger partial charge >= 0.3 is 0 Å². The second kappa shape index (κ2) is 15.2. The van der Waals surface area contributed by atoms with Gasteiger partial charge in [0.25, 0.3) is 0 Å². The number of hydrogen-bond acceptors (Lipinski definition) is 8. The number of hydrogen-bond donors (Lipinski definition) is 3. The normalized spacial score (nSPS) is 23.7. The van der Waals surface area contributed by atoms with E-state index in [0.717, 1.165) is 50.0 Å². The van der Waals surface area contributed by atoms with E-state index in [1.807, 2.05) is 0 Å². The van der Waals surface area contributed by atoms with Crippen molar-refractivity contribution in [3.8, 4) is 0 Å². The van der Waals surface area contributed by atoms with E-state index in [0.29, 0.717) is 18.1 Å². The summed E-state index contributed by atoms with van der Waals surface area (Å²) in [6, 6.07) is 1.54. The number of nitrogens with one attached hydrogen (secondary N) is 3. The molecule has 3 heterocycles. The maximum atomic E-state index is 5.13. The van der Waals surface area contributed by atoms with E-state index in [4.69, 9.17) is 15.0 Å². The van der Waals surface area contributed by atoms with Crippen molar-refractivity contribution in [1.29, 1.82) is 0 Å². The van der Waals surface area contributed by atoms with Gasteiger partial charge in [-0.3, -0.25) is 0 Å². The van der Waals surface area contributed by atoms with Crippen LogP contribution in [-0.4, -0.2) is 87.6 Å². The molecule has 256 valence electrons. The highest BCUT2D eigenvalue weighted by Gasteiger charge is 2.41. The van der Waals surface area contributed by atoms with Gasteiger partial charge in [-0.25, -0.2) is 0 Å². The average Bonchev–Trinajstić information content (AvgIpc) is 2.91. The zero-order chi connectivity index (χ0) is 32.9. The van der Waals surface area contributed by atoms with Gasteiger partial charge < -0.3 is 25.8 Å². The molecule has 0 unspecified atom stereocenters. The van der Waals surface area contributed by atoms with Crippen LogP contribution in [0.3, 0.4) is 0 Å². The Kier molecular flexibility index (Phi) is 12.3. The summed E-state index contributed by atoms with van der Waals surface area (Å²) in [6.07, 6.45) is 16.8. The summed E-state index contributed by atoms with van der Waals surface area (Å²) in [7, 11) is 2.16. The van der Waals surface area contributed by atoms with Crippen LogP contribution in [0, 0.1) is 0 Å². The van der Waals surface area contributed by atoms with Gasteiger partial charge in [-0.15, -0.1) is 0 Å². The molecule has 0 bridgehead atoms. The van der Waals surface area contributed by atoms with Gasteiger partial charge in [0.1, 0.15) is 13.7 Å². The molecular formula is C36H69BN8. The molecule has 0 aromatic carbocycles. The lowest BCUT2D eigenvalue weighted by Gasteiger charge is -2.49. The minimum Gasteiger partial charge on any atom is -0.351 e. The van der Waals surface area contributed by atoms with Crippen LogP contribution in [0.5, 0.6) is 0 Å². The number of nitrogens with zero attached hydrogens (tertiary/aromatic N) is 5. The first-order valence-electron chi connectivity index (χ1n) is 18.7. The summed E-state index contributed by atoms with van der Waals surface area (Å²) in [4.78, 5) is 20.4. The predicted octanol–water partition coefficient (Wildman–Crippen LogP) is 6.06. The molecule has 2 saturated heterocycles. The zero-order valence-electron chi connectivity index (χ0n) is 31.0. The quantitative estimate of drug-likeness (QED) is 0.170. The van der Waals surface area contributed by atoms with Gasteiger partial charge in [0.05, 0.1) is 0 Å². The molecule has 3 aliphatic rings. The summed E-state index contributed by atoms with van der Waals surface area (Å²) < 4.78 is 0. The van der Waals surface area contributed by atoms with Crippen LogP contribution in [0.25, 0.3) is 0 Å². The Morgan fingerprint density at radius 3 is 1.78 bits per heavy atom. The van der Waals surface area contributed by atoms with Crippen LogP contribution < -0.4 is 20.9 Å². The van der Waals surface area contributed by atoms with E-state index in [1.165, 1.54) is 77.2 Å². The summed E-state index contributed by atoms with van der Waals surface area (Å²) in [5, 5.41) is 11.5. The fourth-order valence-electron chi connectivity index (χ4n) is 9.20. The SMILES string of the molecule is BCc1nc(NC2CCCCC2)nc(N(CCCCCCN(CC)C2CC(C)(C)NC(C)(C)C2)C2CC(C)(C)NC(C)(C)C2)n1. The summed E-state index contributed by atoms with van der Waals surface area (Å²) in [5.41, 5.74) is 0.519. The lowest BCUT2D eigenvalue weighted by Crippen LogP contribution is -2.62. The second-order valence-corrected chi connectivity index (χ2v) is 17.4. The van der Waals surface area contributed by atoms with E-state index < -0.39 is 0 Å². The monoisotopic (exact) mass is 625 g/mol. The Morgan fingerprint density at radius 1 is 0.711 bits per heavy atom. The molecule has 1 aromatic rings. The van der Waals surface area contributed by atoms with Crippen molar-refractivity contribution >= 4 is 19.7 Å². The number of aromatic nitrogens is 3. The standard InChI is InChI=1S/C36H69BN8/c1-10-44(28-22-33(2,3)42-34(4,5)23-28)20-16-11-12-17-21-45(29-24-35(6,7)43-36(8,9)25-29)32-40-30(26-37)39-31(41-32)38-27-18-14-13-15-19-27/h27-29,42-43H,10-26,37H2,1-9H3,(H,38,39,40,41). The van der Waals surface area contributed by atoms with E-state index in [2.05, 4.69) is 95.9 Å². The molecule has 2 aliphatic heterocycles. The first-order valence-corrected chi connectivity index (χ1v) is 18.7. The maximum Gasteiger partial charge on any atom is 0.230 e. The highest BCUT2D eigenvalue weighted by atomic mass is 15.3.